The van der Waals surface area contributed by atoms with Crippen molar-refractivity contribution in [1.29, 1.82) is 0 Å². The molecular weight excluding hydrogens is 286 g/mol. The third-order valence-corrected chi connectivity index (χ3v) is 4.47. The smallest absolute Gasteiger partial charge is 0.238 e. The van der Waals surface area contributed by atoms with Gasteiger partial charge in [0.25, 0.3) is 0 Å². The van der Waals surface area contributed by atoms with Gasteiger partial charge in [0.05, 0.1) is 6.54 Å². The summed E-state index contributed by atoms with van der Waals surface area (Å²) in [6.07, 6.45) is 4.23. The van der Waals surface area contributed by atoms with Gasteiger partial charge < -0.3 is 11.1 Å². The average Bonchev–Trinajstić information content (AvgIpc) is 2.43. The molecule has 1 saturated carbocycles. The lowest BCUT2D eigenvalue weighted by molar-refractivity contribution is -0.117. The van der Waals surface area contributed by atoms with Gasteiger partial charge in [-0.2, -0.15) is 0 Å². The second-order valence-electron chi connectivity index (χ2n) is 5.99. The van der Waals surface area contributed by atoms with Crippen LogP contribution in [-0.2, 0) is 4.79 Å². The largest absolute Gasteiger partial charge is 0.328 e. The van der Waals surface area contributed by atoms with Crippen LogP contribution in [-0.4, -0.2) is 36.5 Å². The van der Waals surface area contributed by atoms with Crippen molar-refractivity contribution in [2.75, 3.05) is 18.9 Å². The molecule has 0 radical (unpaired) electrons. The highest BCUT2D eigenvalue weighted by atomic mass is 35.5. The summed E-state index contributed by atoms with van der Waals surface area (Å²) in [5.74, 6) is -0.00209. The van der Waals surface area contributed by atoms with E-state index in [9.17, 15) is 4.79 Å². The number of anilines is 1. The highest BCUT2D eigenvalue weighted by molar-refractivity contribution is 6.31. The molecule has 0 bridgehead atoms. The fourth-order valence-corrected chi connectivity index (χ4v) is 2.99. The van der Waals surface area contributed by atoms with Crippen LogP contribution in [0.25, 0.3) is 0 Å². The third-order valence-electron chi connectivity index (χ3n) is 4.23. The Balaban J connectivity index is 1.88. The molecule has 3 N–H and O–H groups in total. The number of likely N-dealkylation sites (N-methyl/N-ethyl adjacent to an activating group) is 1. The van der Waals surface area contributed by atoms with E-state index < -0.39 is 0 Å². The first-order valence-corrected chi connectivity index (χ1v) is 7.85. The minimum atomic E-state index is -0.00209. The number of benzene rings is 1. The van der Waals surface area contributed by atoms with Gasteiger partial charge in [-0.25, -0.2) is 0 Å². The first kappa shape index (κ1) is 16.3. The fraction of sp³-hybridized carbons (Fsp3) is 0.562. The Bertz CT molecular complexity index is 498. The number of nitrogens with one attached hydrogen (secondary N) is 1. The van der Waals surface area contributed by atoms with Crippen LogP contribution in [0.4, 0.5) is 5.69 Å². The van der Waals surface area contributed by atoms with Crippen LogP contribution in [0.2, 0.25) is 5.02 Å². The number of hydrogen-bond acceptors (Lipinski definition) is 3. The molecule has 0 aliphatic heterocycles. The monoisotopic (exact) mass is 309 g/mol. The number of halogens is 1. The van der Waals surface area contributed by atoms with Gasteiger partial charge >= 0.3 is 0 Å². The summed E-state index contributed by atoms with van der Waals surface area (Å²) in [4.78, 5) is 14.3. The SMILES string of the molecule is Cc1ccc(Cl)cc1NC(=O)CN(C)C1CCC(N)CC1. The number of amides is 1. The maximum absolute atomic E-state index is 12.2. The molecule has 0 aromatic heterocycles. The van der Waals surface area contributed by atoms with Crippen molar-refractivity contribution in [3.63, 3.8) is 0 Å². The van der Waals surface area contributed by atoms with Crippen LogP contribution in [0.3, 0.4) is 0 Å². The van der Waals surface area contributed by atoms with Crippen molar-refractivity contribution in [1.82, 2.24) is 4.90 Å². The minimum Gasteiger partial charge on any atom is -0.328 e. The summed E-state index contributed by atoms with van der Waals surface area (Å²) in [6, 6.07) is 6.30. The highest BCUT2D eigenvalue weighted by Crippen LogP contribution is 2.22. The van der Waals surface area contributed by atoms with Crippen molar-refractivity contribution in [3.05, 3.63) is 28.8 Å². The van der Waals surface area contributed by atoms with E-state index >= 15 is 0 Å². The van der Waals surface area contributed by atoms with E-state index in [4.69, 9.17) is 17.3 Å². The van der Waals surface area contributed by atoms with Gasteiger partial charge in [0.2, 0.25) is 5.91 Å². The van der Waals surface area contributed by atoms with E-state index in [-0.39, 0.29) is 5.91 Å². The van der Waals surface area contributed by atoms with E-state index in [1.165, 1.54) is 0 Å². The van der Waals surface area contributed by atoms with Crippen molar-refractivity contribution in [3.8, 4) is 0 Å². The molecule has 4 nitrogen and oxygen atoms in total. The second kappa shape index (κ2) is 7.25. The number of rotatable bonds is 4. The van der Waals surface area contributed by atoms with Crippen molar-refractivity contribution in [2.24, 2.45) is 5.73 Å². The lowest BCUT2D eigenvalue weighted by Crippen LogP contribution is -2.42. The Morgan fingerprint density at radius 3 is 2.71 bits per heavy atom. The van der Waals surface area contributed by atoms with E-state index in [2.05, 4.69) is 10.2 Å². The summed E-state index contributed by atoms with van der Waals surface area (Å²) in [6.45, 7) is 2.35. The van der Waals surface area contributed by atoms with Gasteiger partial charge in [0.15, 0.2) is 0 Å². The van der Waals surface area contributed by atoms with Gasteiger partial charge in [-0.15, -0.1) is 0 Å². The standard InChI is InChI=1S/C16H24ClN3O/c1-11-3-4-12(17)9-15(11)19-16(21)10-20(2)14-7-5-13(18)6-8-14/h3-4,9,13-14H,5-8,10,18H2,1-2H3,(H,19,21). The van der Waals surface area contributed by atoms with Crippen LogP contribution in [0.1, 0.15) is 31.2 Å². The molecule has 1 fully saturated rings. The zero-order valence-electron chi connectivity index (χ0n) is 12.7. The highest BCUT2D eigenvalue weighted by Gasteiger charge is 2.23. The summed E-state index contributed by atoms with van der Waals surface area (Å²) in [7, 11) is 2.01. The molecule has 2 rings (SSSR count). The Labute approximate surface area is 131 Å². The average molecular weight is 310 g/mol. The molecular formula is C16H24ClN3O. The molecule has 5 heteroatoms. The zero-order valence-corrected chi connectivity index (χ0v) is 13.5. The van der Waals surface area contributed by atoms with E-state index in [0.29, 0.717) is 23.7 Å². The van der Waals surface area contributed by atoms with Crippen molar-refractivity contribution >= 4 is 23.2 Å². The molecule has 0 atom stereocenters. The molecule has 1 aromatic carbocycles. The number of hydrogen-bond donors (Lipinski definition) is 2. The summed E-state index contributed by atoms with van der Waals surface area (Å²) >= 11 is 5.97. The quantitative estimate of drug-likeness (QED) is 0.899. The Hall–Kier alpha value is -1.10. The molecule has 1 aliphatic rings. The van der Waals surface area contributed by atoms with Crippen LogP contribution < -0.4 is 11.1 Å². The lowest BCUT2D eigenvalue weighted by atomic mass is 9.91. The van der Waals surface area contributed by atoms with E-state index in [1.807, 2.05) is 26.1 Å². The van der Waals surface area contributed by atoms with Crippen LogP contribution >= 0.6 is 11.6 Å². The van der Waals surface area contributed by atoms with Gasteiger partial charge in [0, 0.05) is 22.8 Å². The number of carbonyl (C=O) groups excluding carboxylic acids is 1. The number of aryl methyl sites for hydroxylation is 1. The van der Waals surface area contributed by atoms with Crippen molar-refractivity contribution in [2.45, 2.75) is 44.7 Å². The van der Waals surface area contributed by atoms with Crippen molar-refractivity contribution < 1.29 is 4.79 Å². The molecule has 0 spiro atoms. The molecule has 1 aliphatic carbocycles. The van der Waals surface area contributed by atoms with E-state index in [1.54, 1.807) is 6.07 Å². The zero-order chi connectivity index (χ0) is 15.4. The topological polar surface area (TPSA) is 58.4 Å². The molecule has 116 valence electrons. The van der Waals surface area contributed by atoms with Crippen LogP contribution in [0.15, 0.2) is 18.2 Å². The Morgan fingerprint density at radius 2 is 2.05 bits per heavy atom. The maximum Gasteiger partial charge on any atom is 0.238 e. The van der Waals surface area contributed by atoms with Gasteiger partial charge in [0.1, 0.15) is 0 Å². The van der Waals surface area contributed by atoms with Gasteiger partial charge in [-0.05, 0) is 57.4 Å². The fourth-order valence-electron chi connectivity index (χ4n) is 2.82. The molecule has 1 amide bonds. The predicted octanol–water partition coefficient (Wildman–Crippen LogP) is 2.79. The van der Waals surface area contributed by atoms with Gasteiger partial charge in [-0.1, -0.05) is 17.7 Å². The lowest BCUT2D eigenvalue weighted by Gasteiger charge is -2.33. The first-order chi connectivity index (χ1) is 9.95. The molecule has 0 saturated heterocycles. The number of nitrogens with two attached hydrogens (primary N) is 1. The summed E-state index contributed by atoms with van der Waals surface area (Å²) < 4.78 is 0. The van der Waals surface area contributed by atoms with Crippen LogP contribution in [0.5, 0.6) is 0 Å². The molecule has 0 heterocycles. The second-order valence-corrected chi connectivity index (χ2v) is 6.43. The minimum absolute atomic E-state index is 0.00209. The first-order valence-electron chi connectivity index (χ1n) is 7.47. The maximum atomic E-state index is 12.2. The normalized spacial score (nSPS) is 22.3. The number of nitrogens with zero attached hydrogens (tertiary/aromatic N) is 1. The molecule has 1 aromatic rings. The number of carbonyl (C=O) groups is 1. The Kier molecular flexibility index (Phi) is 5.62. The summed E-state index contributed by atoms with van der Waals surface area (Å²) in [5.41, 5.74) is 7.72. The van der Waals surface area contributed by atoms with Gasteiger partial charge in [-0.3, -0.25) is 9.69 Å². The van der Waals surface area contributed by atoms with Crippen LogP contribution in [0, 0.1) is 6.92 Å². The molecule has 21 heavy (non-hydrogen) atoms. The summed E-state index contributed by atoms with van der Waals surface area (Å²) in [5, 5.41) is 3.57. The Morgan fingerprint density at radius 1 is 1.38 bits per heavy atom. The molecule has 0 unspecified atom stereocenters. The van der Waals surface area contributed by atoms with E-state index in [0.717, 1.165) is 36.9 Å². The predicted molar refractivity (Wildman–Crippen MR) is 87.7 cm³/mol. The third kappa shape index (κ3) is 4.70.